The van der Waals surface area contributed by atoms with Crippen LogP contribution in [0.15, 0.2) is 10.3 Å². The van der Waals surface area contributed by atoms with Crippen LogP contribution in [0.1, 0.15) is 20.8 Å². The van der Waals surface area contributed by atoms with Gasteiger partial charge in [0, 0.05) is 0 Å². The lowest BCUT2D eigenvalue weighted by Crippen LogP contribution is -2.32. The van der Waals surface area contributed by atoms with Crippen molar-refractivity contribution in [3.8, 4) is 0 Å². The number of rotatable bonds is 4. The number of carbonyl (C=O) groups excluding carboxylic acids is 1. The van der Waals surface area contributed by atoms with Crippen LogP contribution in [0.3, 0.4) is 0 Å². The molecule has 0 saturated carbocycles. The molecule has 0 aliphatic rings. The molecule has 0 rings (SSSR count). The molecule has 82 valence electrons. The Balaban J connectivity index is 4.18. The maximum absolute atomic E-state index is 11.0. The van der Waals surface area contributed by atoms with Gasteiger partial charge in [0.25, 0.3) is 0 Å². The average molecular weight is 204 g/mol. The topological polar surface area (TPSA) is 112 Å². The molecule has 0 aromatic heterocycles. The minimum absolute atomic E-state index is 0.0280. The van der Waals surface area contributed by atoms with E-state index in [0.717, 1.165) is 0 Å². The zero-order chi connectivity index (χ0) is 11.2. The van der Waals surface area contributed by atoms with Crippen LogP contribution in [0.2, 0.25) is 0 Å². The van der Waals surface area contributed by atoms with Gasteiger partial charge in [-0.25, -0.2) is 4.79 Å². The van der Waals surface area contributed by atoms with Gasteiger partial charge in [-0.15, -0.1) is 0 Å². The van der Waals surface area contributed by atoms with Crippen molar-refractivity contribution in [2.45, 2.75) is 32.4 Å². The van der Waals surface area contributed by atoms with Crippen LogP contribution in [-0.4, -0.2) is 24.2 Å². The lowest BCUT2D eigenvalue weighted by molar-refractivity contribution is -0.148. The molecule has 7 nitrogen and oxygen atoms in total. The molecule has 0 heterocycles. The van der Waals surface area contributed by atoms with Crippen LogP contribution in [0.25, 0.3) is 0 Å². The lowest BCUT2D eigenvalue weighted by atomic mass is 10.2. The third kappa shape index (κ3) is 5.44. The summed E-state index contributed by atoms with van der Waals surface area (Å²) in [6.45, 7) is 5.56. The fourth-order valence-electron chi connectivity index (χ4n) is 0.636. The summed E-state index contributed by atoms with van der Waals surface area (Å²) >= 11 is 0. The summed E-state index contributed by atoms with van der Waals surface area (Å²) in [6.07, 6.45) is 0. The lowest BCUT2D eigenvalue weighted by Gasteiger charge is -2.20. The number of hydrogen-bond donors (Lipinski definition) is 2. The summed E-state index contributed by atoms with van der Waals surface area (Å²) in [5, 5.41) is 6.42. The standard InChI is InChI=1S/C7H16N4O3/c1-7(2,3)13-4-5(10-11-8)6(12)14-9/h5H,4,9H2,1-3H3,(H2,8,10)/t5-/m0/s1. The largest absolute Gasteiger partial charge is 0.373 e. The monoisotopic (exact) mass is 204 g/mol. The molecular weight excluding hydrogens is 188 g/mol. The van der Waals surface area contributed by atoms with Gasteiger partial charge in [-0.3, -0.25) is 0 Å². The molecule has 14 heavy (non-hydrogen) atoms. The van der Waals surface area contributed by atoms with E-state index in [1.807, 2.05) is 20.8 Å². The first-order chi connectivity index (χ1) is 6.40. The molecule has 0 unspecified atom stereocenters. The predicted molar refractivity (Wildman–Crippen MR) is 48.8 cm³/mol. The third-order valence-corrected chi connectivity index (χ3v) is 1.27. The summed E-state index contributed by atoms with van der Waals surface area (Å²) in [6, 6.07) is -0.913. The van der Waals surface area contributed by atoms with Crippen molar-refractivity contribution in [3.63, 3.8) is 0 Å². The molecule has 0 saturated heterocycles. The van der Waals surface area contributed by atoms with Gasteiger partial charge in [0.05, 0.1) is 12.2 Å². The molecule has 4 N–H and O–H groups in total. The van der Waals surface area contributed by atoms with E-state index in [1.165, 1.54) is 0 Å². The molecule has 0 aliphatic carbocycles. The second-order valence-electron chi connectivity index (χ2n) is 3.61. The van der Waals surface area contributed by atoms with E-state index < -0.39 is 12.0 Å². The van der Waals surface area contributed by atoms with E-state index in [2.05, 4.69) is 15.2 Å². The zero-order valence-corrected chi connectivity index (χ0v) is 8.56. The van der Waals surface area contributed by atoms with E-state index in [4.69, 9.17) is 16.5 Å². The van der Waals surface area contributed by atoms with Crippen LogP contribution < -0.4 is 11.7 Å². The van der Waals surface area contributed by atoms with Gasteiger partial charge < -0.3 is 15.4 Å². The predicted octanol–water partition coefficient (Wildman–Crippen LogP) is -0.0871. The summed E-state index contributed by atoms with van der Waals surface area (Å²) in [4.78, 5) is 15.0. The molecule has 0 fully saturated rings. The van der Waals surface area contributed by atoms with Crippen molar-refractivity contribution >= 4 is 5.97 Å². The van der Waals surface area contributed by atoms with Gasteiger partial charge in [0.15, 0.2) is 6.04 Å². The van der Waals surface area contributed by atoms with Crippen LogP contribution in [-0.2, 0) is 14.4 Å². The van der Waals surface area contributed by atoms with E-state index in [-0.39, 0.29) is 12.2 Å². The molecule has 0 aromatic rings. The molecule has 7 heteroatoms. The molecule has 0 amide bonds. The number of nitrogens with two attached hydrogens (primary N) is 2. The Bertz CT molecular complexity index is 211. The van der Waals surface area contributed by atoms with Gasteiger partial charge in [0.1, 0.15) is 0 Å². The highest BCUT2D eigenvalue weighted by atomic mass is 16.7. The van der Waals surface area contributed by atoms with E-state index in [9.17, 15) is 4.79 Å². The average Bonchev–Trinajstić information content (AvgIpc) is 2.09. The van der Waals surface area contributed by atoms with Crippen molar-refractivity contribution < 1.29 is 14.4 Å². The molecule has 0 radical (unpaired) electrons. The van der Waals surface area contributed by atoms with Crippen LogP contribution in [0.5, 0.6) is 0 Å². The Hall–Kier alpha value is -1.21. The minimum Gasteiger partial charge on any atom is -0.373 e. The molecule has 1 atom stereocenters. The summed E-state index contributed by atoms with van der Waals surface area (Å²) in [5.74, 6) is 8.78. The zero-order valence-electron chi connectivity index (χ0n) is 8.56. The molecule has 0 aliphatic heterocycles. The minimum atomic E-state index is -0.913. The third-order valence-electron chi connectivity index (χ3n) is 1.27. The second-order valence-corrected chi connectivity index (χ2v) is 3.61. The Morgan fingerprint density at radius 1 is 1.50 bits per heavy atom. The Kier molecular flexibility index (Phi) is 5.03. The number of carbonyl (C=O) groups is 1. The summed E-state index contributed by atoms with van der Waals surface area (Å²) < 4.78 is 5.30. The summed E-state index contributed by atoms with van der Waals surface area (Å²) in [7, 11) is 0. The smallest absolute Gasteiger partial charge is 0.353 e. The Morgan fingerprint density at radius 3 is 2.43 bits per heavy atom. The number of ether oxygens (including phenoxy) is 1. The fraction of sp³-hybridized carbons (Fsp3) is 0.857. The van der Waals surface area contributed by atoms with Crippen molar-refractivity contribution in [2.24, 2.45) is 22.1 Å². The number of hydrogen-bond acceptors (Lipinski definition) is 6. The van der Waals surface area contributed by atoms with Crippen LogP contribution >= 0.6 is 0 Å². The van der Waals surface area contributed by atoms with E-state index in [1.54, 1.807) is 0 Å². The van der Waals surface area contributed by atoms with Crippen molar-refractivity contribution in [1.82, 2.24) is 0 Å². The van der Waals surface area contributed by atoms with Gasteiger partial charge in [-0.1, -0.05) is 5.22 Å². The molecular formula is C7H16N4O3. The molecule has 0 aromatic carbocycles. The fourth-order valence-corrected chi connectivity index (χ4v) is 0.636. The first kappa shape index (κ1) is 12.8. The normalized spacial score (nSPS) is 14.3. The first-order valence-corrected chi connectivity index (χ1v) is 4.05. The quantitative estimate of drug-likeness (QED) is 0.377. The maximum Gasteiger partial charge on any atom is 0.353 e. The molecule has 0 spiro atoms. The highest BCUT2D eigenvalue weighted by molar-refractivity contribution is 5.75. The first-order valence-electron chi connectivity index (χ1n) is 4.05. The Labute approximate surface area is 82.4 Å². The van der Waals surface area contributed by atoms with Gasteiger partial charge in [-0.05, 0) is 20.8 Å². The van der Waals surface area contributed by atoms with E-state index >= 15 is 0 Å². The SMILES string of the molecule is CC(C)(C)OC[C@H](N=NN)C(=O)ON. The van der Waals surface area contributed by atoms with Crippen LogP contribution in [0, 0.1) is 0 Å². The maximum atomic E-state index is 11.0. The van der Waals surface area contributed by atoms with Gasteiger partial charge >= 0.3 is 5.97 Å². The number of nitrogens with zero attached hydrogens (tertiary/aromatic N) is 2. The molecule has 0 bridgehead atoms. The Morgan fingerprint density at radius 2 is 2.07 bits per heavy atom. The van der Waals surface area contributed by atoms with Gasteiger partial charge in [0.2, 0.25) is 0 Å². The highest BCUT2D eigenvalue weighted by Gasteiger charge is 2.22. The highest BCUT2D eigenvalue weighted by Crippen LogP contribution is 2.08. The summed E-state index contributed by atoms with van der Waals surface area (Å²) in [5.41, 5.74) is -0.378. The second kappa shape index (κ2) is 5.51. The van der Waals surface area contributed by atoms with E-state index in [0.29, 0.717) is 0 Å². The van der Waals surface area contributed by atoms with Crippen molar-refractivity contribution in [1.29, 1.82) is 0 Å². The van der Waals surface area contributed by atoms with Crippen molar-refractivity contribution in [2.75, 3.05) is 6.61 Å². The van der Waals surface area contributed by atoms with Crippen LogP contribution in [0.4, 0.5) is 0 Å². The van der Waals surface area contributed by atoms with Gasteiger partial charge in [-0.2, -0.15) is 11.0 Å². The van der Waals surface area contributed by atoms with Crippen molar-refractivity contribution in [3.05, 3.63) is 0 Å².